The number of amides is 3. The lowest BCUT2D eigenvalue weighted by Gasteiger charge is -2.42. The lowest BCUT2D eigenvalue weighted by Crippen LogP contribution is -2.65. The Hall–Kier alpha value is -3.04. The van der Waals surface area contributed by atoms with Crippen LogP contribution in [0.1, 0.15) is 30.9 Å². The number of nitrogens with zero attached hydrogens (tertiary/aromatic N) is 2. The number of halogens is 1. The smallest absolute Gasteiger partial charge is 0.250 e. The minimum atomic E-state index is -1.73. The quantitative estimate of drug-likeness (QED) is 0.347. The highest BCUT2D eigenvalue weighted by Gasteiger charge is 2.44. The van der Waals surface area contributed by atoms with E-state index >= 15 is 4.39 Å². The summed E-state index contributed by atoms with van der Waals surface area (Å²) >= 11 is 0. The van der Waals surface area contributed by atoms with Crippen molar-refractivity contribution in [1.29, 1.82) is 0 Å². The van der Waals surface area contributed by atoms with E-state index < -0.39 is 29.0 Å². The fraction of sp³-hybridized carbons (Fsp3) is 0.423. The van der Waals surface area contributed by atoms with Gasteiger partial charge in [-0.3, -0.25) is 24.6 Å². The number of benzene rings is 1. The van der Waals surface area contributed by atoms with Crippen LogP contribution in [0.25, 0.3) is 0 Å². The van der Waals surface area contributed by atoms with Crippen molar-refractivity contribution in [1.82, 2.24) is 15.1 Å². The number of carbonyl (C=O) groups excluding carboxylic acids is 3. The van der Waals surface area contributed by atoms with Crippen molar-refractivity contribution in [3.63, 3.8) is 0 Å². The van der Waals surface area contributed by atoms with Crippen molar-refractivity contribution in [3.8, 4) is 0 Å². The van der Waals surface area contributed by atoms with Crippen molar-refractivity contribution in [2.45, 2.75) is 38.4 Å². The maximum atomic E-state index is 15.4. The number of hydrogen-bond donors (Lipinski definition) is 1. The Bertz CT molecular complexity index is 1250. The third-order valence-corrected chi connectivity index (χ3v) is 7.16. The molecule has 3 amide bonds. The Kier molecular flexibility index (Phi) is 8.91. The molecule has 0 saturated carbocycles. The normalized spacial score (nSPS) is 24.3. The molecule has 8 nitrogen and oxygen atoms in total. The van der Waals surface area contributed by atoms with Gasteiger partial charge in [-0.1, -0.05) is 28.5 Å². The van der Waals surface area contributed by atoms with Crippen LogP contribution in [-0.2, 0) is 37.0 Å². The SMILES string of the molecule is [B]c1c([B])c(COC2=CCN(C3([B])CCC(=O)NC3=O)C(=O)/C(C)=C/C=C2)c(F)c([B])c1CN1CCOCC1. The summed E-state index contributed by atoms with van der Waals surface area (Å²) in [6, 6.07) is 0. The number of nitrogens with one attached hydrogen (secondary N) is 1. The van der Waals surface area contributed by atoms with Crippen LogP contribution in [0.2, 0.25) is 0 Å². The van der Waals surface area contributed by atoms with Crippen molar-refractivity contribution in [3.05, 3.63) is 52.6 Å². The molecule has 194 valence electrons. The summed E-state index contributed by atoms with van der Waals surface area (Å²) in [5, 5.41) is 2.19. The second kappa shape index (κ2) is 12.0. The molecule has 3 heterocycles. The van der Waals surface area contributed by atoms with Gasteiger partial charge in [0.05, 0.1) is 18.7 Å². The molecule has 3 aliphatic heterocycles. The van der Waals surface area contributed by atoms with E-state index in [-0.39, 0.29) is 53.7 Å². The number of ether oxygens (including phenoxy) is 2. The molecule has 3 aliphatic rings. The monoisotopic (exact) mass is 523 g/mol. The number of carbonyl (C=O) groups is 3. The summed E-state index contributed by atoms with van der Waals surface area (Å²) in [5.41, 5.74) is -0.853. The van der Waals surface area contributed by atoms with Crippen LogP contribution in [0.3, 0.4) is 0 Å². The molecule has 1 aromatic rings. The highest BCUT2D eigenvalue weighted by atomic mass is 19.1. The van der Waals surface area contributed by atoms with Gasteiger partial charge in [0.2, 0.25) is 17.7 Å². The lowest BCUT2D eigenvalue weighted by molar-refractivity contribution is -0.146. The molecule has 0 aromatic heterocycles. The number of rotatable bonds is 6. The summed E-state index contributed by atoms with van der Waals surface area (Å²) in [7, 11) is 25.0. The molecule has 1 N–H and O–H groups in total. The van der Waals surface area contributed by atoms with E-state index in [1.54, 1.807) is 25.2 Å². The molecule has 2 fully saturated rings. The highest BCUT2D eigenvalue weighted by molar-refractivity contribution is 6.52. The maximum Gasteiger partial charge on any atom is 0.250 e. The first-order valence-corrected chi connectivity index (χ1v) is 12.6. The molecule has 0 bridgehead atoms. The van der Waals surface area contributed by atoms with Gasteiger partial charge in [0, 0.05) is 43.7 Å². The van der Waals surface area contributed by atoms with Gasteiger partial charge in [-0.15, -0.1) is 0 Å². The highest BCUT2D eigenvalue weighted by Crippen LogP contribution is 2.25. The van der Waals surface area contributed by atoms with Crippen LogP contribution in [0, 0.1) is 5.82 Å². The molecule has 0 aliphatic carbocycles. The van der Waals surface area contributed by atoms with Gasteiger partial charge in [0.1, 0.15) is 49.6 Å². The zero-order chi connectivity index (χ0) is 28.3. The average molecular weight is 523 g/mol. The second-order valence-corrected chi connectivity index (χ2v) is 9.72. The summed E-state index contributed by atoms with van der Waals surface area (Å²) in [6.45, 7) is 3.99. The molecule has 2 saturated heterocycles. The third-order valence-electron chi connectivity index (χ3n) is 7.16. The Morgan fingerprint density at radius 1 is 1.10 bits per heavy atom. The number of morpholine rings is 1. The Labute approximate surface area is 232 Å². The second-order valence-electron chi connectivity index (χ2n) is 9.72. The first-order chi connectivity index (χ1) is 18.5. The molecule has 13 heteroatoms. The van der Waals surface area contributed by atoms with Crippen LogP contribution in [0.4, 0.5) is 4.39 Å². The zero-order valence-electron chi connectivity index (χ0n) is 21.8. The molecule has 1 unspecified atom stereocenters. The predicted molar refractivity (Wildman–Crippen MR) is 147 cm³/mol. The first kappa shape index (κ1) is 29.0. The molecule has 39 heavy (non-hydrogen) atoms. The number of piperidine rings is 1. The van der Waals surface area contributed by atoms with Crippen LogP contribution in [-0.4, -0.2) is 97.2 Å². The lowest BCUT2D eigenvalue weighted by atomic mass is 9.69. The van der Waals surface area contributed by atoms with E-state index in [0.717, 1.165) is 0 Å². The Morgan fingerprint density at radius 2 is 1.79 bits per heavy atom. The minimum Gasteiger partial charge on any atom is -0.489 e. The van der Waals surface area contributed by atoms with Gasteiger partial charge in [-0.2, -0.15) is 0 Å². The van der Waals surface area contributed by atoms with Gasteiger partial charge in [-0.25, -0.2) is 4.39 Å². The summed E-state index contributed by atoms with van der Waals surface area (Å²) in [6.07, 6.45) is 6.20. The van der Waals surface area contributed by atoms with E-state index in [1.165, 1.54) is 11.0 Å². The molecule has 0 spiro atoms. The fourth-order valence-electron chi connectivity index (χ4n) is 4.66. The minimum absolute atomic E-state index is 0.00465. The number of allylic oxidation sites excluding steroid dienone is 3. The van der Waals surface area contributed by atoms with Crippen LogP contribution in [0.15, 0.2) is 35.6 Å². The molecule has 1 atom stereocenters. The Balaban J connectivity index is 1.56. The average Bonchev–Trinajstić information content (AvgIpc) is 2.98. The molecular weight excluding hydrogens is 497 g/mol. The summed E-state index contributed by atoms with van der Waals surface area (Å²) in [5.74, 6) is -2.14. The van der Waals surface area contributed by atoms with Gasteiger partial charge in [0.25, 0.3) is 0 Å². The Morgan fingerprint density at radius 3 is 2.49 bits per heavy atom. The summed E-state index contributed by atoms with van der Waals surface area (Å²) < 4.78 is 26.6. The van der Waals surface area contributed by atoms with Gasteiger partial charge >= 0.3 is 0 Å². The largest absolute Gasteiger partial charge is 0.489 e. The van der Waals surface area contributed by atoms with E-state index in [9.17, 15) is 14.4 Å². The fourth-order valence-corrected chi connectivity index (χ4v) is 4.66. The van der Waals surface area contributed by atoms with Crippen LogP contribution < -0.4 is 21.7 Å². The van der Waals surface area contributed by atoms with Gasteiger partial charge in [-0.05, 0) is 31.1 Å². The van der Waals surface area contributed by atoms with E-state index in [1.807, 2.05) is 0 Å². The van der Waals surface area contributed by atoms with Crippen LogP contribution in [0.5, 0.6) is 0 Å². The molecule has 1 aromatic carbocycles. The van der Waals surface area contributed by atoms with Crippen molar-refractivity contribution in [2.75, 3.05) is 32.8 Å². The maximum absolute atomic E-state index is 15.4. The van der Waals surface area contributed by atoms with Gasteiger partial charge < -0.3 is 14.4 Å². The van der Waals surface area contributed by atoms with Crippen molar-refractivity contribution < 1.29 is 28.2 Å². The molecular formula is C26H26B4FN3O5. The summed E-state index contributed by atoms with van der Waals surface area (Å²) in [4.78, 5) is 40.6. The van der Waals surface area contributed by atoms with E-state index in [2.05, 4.69) is 10.2 Å². The van der Waals surface area contributed by atoms with E-state index in [4.69, 9.17) is 40.9 Å². The van der Waals surface area contributed by atoms with Gasteiger partial charge in [0.15, 0.2) is 0 Å². The van der Waals surface area contributed by atoms with Crippen molar-refractivity contribution >= 4 is 65.5 Å². The standard InChI is InChI=1S/C26H26B4FN3O5/c1-15-3-2-4-16(6-8-34(24(15)36)26(30)7-5-19(35)32-25(26)37)39-14-18-21(28)20(27)17(22(29)23(18)31)13-33-9-11-38-12-10-33/h2-4,6H,5,7-14H2,1H3,(H,32,35,37)/b4-2?,15-3+,16-6?. The zero-order valence-corrected chi connectivity index (χ0v) is 21.8. The predicted octanol–water partition coefficient (Wildman–Crippen LogP) is -1.91. The number of imide groups is 1. The topological polar surface area (TPSA) is 88.2 Å². The first-order valence-electron chi connectivity index (χ1n) is 12.6. The molecule has 8 radical (unpaired) electrons. The van der Waals surface area contributed by atoms with Crippen LogP contribution >= 0.6 is 0 Å². The van der Waals surface area contributed by atoms with Crippen molar-refractivity contribution in [2.24, 2.45) is 0 Å². The third kappa shape index (κ3) is 6.09. The molecule has 4 rings (SSSR count). The number of hydrogen-bond acceptors (Lipinski definition) is 6. The van der Waals surface area contributed by atoms with E-state index in [0.29, 0.717) is 44.0 Å².